The van der Waals surface area contributed by atoms with Crippen LogP contribution in [0.1, 0.15) is 329 Å². The lowest BCUT2D eigenvalue weighted by Gasteiger charge is -2.18. The minimum Gasteiger partial charge on any atom is -0.462 e. The molecule has 73 heavy (non-hydrogen) atoms. The van der Waals surface area contributed by atoms with Crippen molar-refractivity contribution < 1.29 is 28.6 Å². The van der Waals surface area contributed by atoms with Crippen molar-refractivity contribution in [3.05, 3.63) is 60.8 Å². The van der Waals surface area contributed by atoms with Gasteiger partial charge in [0.05, 0.1) is 0 Å². The Balaban J connectivity index is 4.37. The van der Waals surface area contributed by atoms with Crippen LogP contribution in [0.4, 0.5) is 0 Å². The van der Waals surface area contributed by atoms with E-state index in [1.807, 2.05) is 0 Å². The first-order chi connectivity index (χ1) is 36.0. The van der Waals surface area contributed by atoms with Crippen LogP contribution in [-0.2, 0) is 28.6 Å². The number of esters is 3. The van der Waals surface area contributed by atoms with Crippen molar-refractivity contribution in [2.24, 2.45) is 0 Å². The van der Waals surface area contributed by atoms with E-state index in [1.54, 1.807) is 0 Å². The average Bonchev–Trinajstić information content (AvgIpc) is 3.39. The molecule has 0 fully saturated rings. The molecule has 0 aliphatic carbocycles. The van der Waals surface area contributed by atoms with Crippen LogP contribution in [0.15, 0.2) is 60.8 Å². The van der Waals surface area contributed by atoms with Gasteiger partial charge in [-0.3, -0.25) is 14.4 Å². The zero-order chi connectivity index (χ0) is 52.9. The third-order valence-electron chi connectivity index (χ3n) is 14.0. The Morgan fingerprint density at radius 2 is 0.493 bits per heavy atom. The largest absolute Gasteiger partial charge is 0.462 e. The summed E-state index contributed by atoms with van der Waals surface area (Å²) in [7, 11) is 0. The monoisotopic (exact) mass is 1020 g/mol. The topological polar surface area (TPSA) is 78.9 Å². The van der Waals surface area contributed by atoms with E-state index in [4.69, 9.17) is 14.2 Å². The Morgan fingerprint density at radius 3 is 0.795 bits per heavy atom. The standard InChI is InChI=1S/C67H120O6/c1-4-7-10-13-16-19-22-25-28-30-32-33-35-36-39-42-45-48-51-54-57-60-66(69)72-63-64(62-71-65(68)59-56-53-50-47-44-41-38-27-24-21-18-15-12-9-6-3)73-67(70)61-58-55-52-49-46-43-40-37-34-31-29-26-23-20-17-14-11-8-5-2/h17,20,22,25-26,29-30,32,34,37,64H,4-16,18-19,21,23-24,27-28,31,33,35-36,38-63H2,1-3H3/b20-17-,25-22-,29-26-,32-30-,37-34-. The molecule has 1 atom stereocenters. The lowest BCUT2D eigenvalue weighted by Crippen LogP contribution is -2.30. The van der Waals surface area contributed by atoms with Gasteiger partial charge in [-0.1, -0.05) is 281 Å². The number of unbranched alkanes of at least 4 members (excludes halogenated alkanes) is 37. The van der Waals surface area contributed by atoms with Gasteiger partial charge in [-0.2, -0.15) is 0 Å². The molecule has 0 heterocycles. The minimum atomic E-state index is -0.782. The number of ether oxygens (including phenoxy) is 3. The minimum absolute atomic E-state index is 0.0779. The SMILES string of the molecule is CCCCC/C=C\C/C=C\C/C=C\CCCCCCCCC(=O)OC(COC(=O)CCCCCCCCCCC/C=C\C/C=C\CCCCCCC)COC(=O)CCCCCCCCCCCCCCCCC. The molecule has 0 aliphatic rings. The van der Waals surface area contributed by atoms with E-state index in [2.05, 4.69) is 81.5 Å². The number of carbonyl (C=O) groups is 3. The Bertz CT molecular complexity index is 1310. The highest BCUT2D eigenvalue weighted by atomic mass is 16.6. The van der Waals surface area contributed by atoms with E-state index in [0.29, 0.717) is 19.3 Å². The summed E-state index contributed by atoms with van der Waals surface area (Å²) in [6.45, 7) is 6.63. The Kier molecular flexibility index (Phi) is 59.2. The Morgan fingerprint density at radius 1 is 0.274 bits per heavy atom. The smallest absolute Gasteiger partial charge is 0.306 e. The molecule has 0 aromatic rings. The van der Waals surface area contributed by atoms with Gasteiger partial charge in [0.1, 0.15) is 13.2 Å². The van der Waals surface area contributed by atoms with Crippen molar-refractivity contribution in [3.63, 3.8) is 0 Å². The van der Waals surface area contributed by atoms with Crippen LogP contribution in [0.25, 0.3) is 0 Å². The zero-order valence-corrected chi connectivity index (χ0v) is 48.7. The maximum atomic E-state index is 12.9. The maximum Gasteiger partial charge on any atom is 0.306 e. The zero-order valence-electron chi connectivity index (χ0n) is 48.7. The molecule has 6 nitrogen and oxygen atoms in total. The molecule has 0 N–H and O–H groups in total. The highest BCUT2D eigenvalue weighted by Gasteiger charge is 2.19. The van der Waals surface area contributed by atoms with Crippen LogP contribution in [0.5, 0.6) is 0 Å². The molecule has 0 amide bonds. The molecule has 6 heteroatoms. The molecule has 0 aliphatic heterocycles. The predicted molar refractivity (Wildman–Crippen MR) is 316 cm³/mol. The molecular weight excluding hydrogens is 901 g/mol. The van der Waals surface area contributed by atoms with E-state index in [-0.39, 0.29) is 31.1 Å². The summed E-state index contributed by atoms with van der Waals surface area (Å²) in [5.74, 6) is -0.877. The van der Waals surface area contributed by atoms with Gasteiger partial charge in [-0.25, -0.2) is 0 Å². The second-order valence-corrected chi connectivity index (χ2v) is 21.3. The molecule has 0 radical (unpaired) electrons. The average molecular weight is 1020 g/mol. The summed E-state index contributed by atoms with van der Waals surface area (Å²) in [6, 6.07) is 0. The summed E-state index contributed by atoms with van der Waals surface area (Å²) in [5.41, 5.74) is 0. The van der Waals surface area contributed by atoms with Crippen molar-refractivity contribution in [1.29, 1.82) is 0 Å². The molecule has 0 spiro atoms. The van der Waals surface area contributed by atoms with E-state index >= 15 is 0 Å². The highest BCUT2D eigenvalue weighted by molar-refractivity contribution is 5.71. The number of hydrogen-bond donors (Lipinski definition) is 0. The normalized spacial score (nSPS) is 12.4. The van der Waals surface area contributed by atoms with Crippen molar-refractivity contribution >= 4 is 17.9 Å². The van der Waals surface area contributed by atoms with Crippen LogP contribution in [0, 0.1) is 0 Å². The van der Waals surface area contributed by atoms with E-state index in [9.17, 15) is 14.4 Å². The predicted octanol–water partition coefficient (Wildman–Crippen LogP) is 21.6. The fourth-order valence-electron chi connectivity index (χ4n) is 9.19. The molecule has 0 bridgehead atoms. The second kappa shape index (κ2) is 61.7. The third kappa shape index (κ3) is 59.9. The number of rotatable bonds is 58. The molecule has 0 aromatic heterocycles. The van der Waals surface area contributed by atoms with Gasteiger partial charge in [-0.05, 0) is 89.9 Å². The summed E-state index contributed by atoms with van der Waals surface area (Å²) in [6.07, 6.45) is 77.8. The maximum absolute atomic E-state index is 12.9. The molecule has 0 rings (SSSR count). The van der Waals surface area contributed by atoms with Crippen molar-refractivity contribution in [3.8, 4) is 0 Å². The third-order valence-corrected chi connectivity index (χ3v) is 14.0. The van der Waals surface area contributed by atoms with E-state index in [1.165, 1.54) is 199 Å². The number of hydrogen-bond acceptors (Lipinski definition) is 6. The first kappa shape index (κ1) is 70.1. The first-order valence-corrected chi connectivity index (χ1v) is 31.8. The van der Waals surface area contributed by atoms with Crippen LogP contribution in [-0.4, -0.2) is 37.2 Å². The van der Waals surface area contributed by atoms with Gasteiger partial charge in [0.2, 0.25) is 0 Å². The molecule has 0 aromatic carbocycles. The van der Waals surface area contributed by atoms with Gasteiger partial charge < -0.3 is 14.2 Å². The van der Waals surface area contributed by atoms with Crippen LogP contribution in [0.3, 0.4) is 0 Å². The highest BCUT2D eigenvalue weighted by Crippen LogP contribution is 2.17. The van der Waals surface area contributed by atoms with Gasteiger partial charge in [0.15, 0.2) is 6.10 Å². The van der Waals surface area contributed by atoms with Gasteiger partial charge in [0.25, 0.3) is 0 Å². The molecule has 0 saturated carbocycles. The fourth-order valence-corrected chi connectivity index (χ4v) is 9.19. The van der Waals surface area contributed by atoms with Gasteiger partial charge >= 0.3 is 17.9 Å². The van der Waals surface area contributed by atoms with Gasteiger partial charge in [-0.15, -0.1) is 0 Å². The van der Waals surface area contributed by atoms with Crippen LogP contribution >= 0.6 is 0 Å². The van der Waals surface area contributed by atoms with E-state index < -0.39 is 6.10 Å². The first-order valence-electron chi connectivity index (χ1n) is 31.8. The van der Waals surface area contributed by atoms with E-state index in [0.717, 1.165) is 89.9 Å². The van der Waals surface area contributed by atoms with Crippen molar-refractivity contribution in [1.82, 2.24) is 0 Å². The fraction of sp³-hybridized carbons (Fsp3) is 0.806. The molecule has 424 valence electrons. The number of carbonyl (C=O) groups excluding carboxylic acids is 3. The van der Waals surface area contributed by atoms with Crippen molar-refractivity contribution in [2.45, 2.75) is 335 Å². The van der Waals surface area contributed by atoms with Crippen molar-refractivity contribution in [2.75, 3.05) is 13.2 Å². The summed E-state index contributed by atoms with van der Waals surface area (Å²) >= 11 is 0. The lowest BCUT2D eigenvalue weighted by molar-refractivity contribution is -0.167. The molecular formula is C67H120O6. The summed E-state index contributed by atoms with van der Waals surface area (Å²) < 4.78 is 16.9. The van der Waals surface area contributed by atoms with Gasteiger partial charge in [0, 0.05) is 19.3 Å². The number of allylic oxidation sites excluding steroid dienone is 10. The molecule has 0 saturated heterocycles. The summed E-state index contributed by atoms with van der Waals surface area (Å²) in [5, 5.41) is 0. The second-order valence-electron chi connectivity index (χ2n) is 21.3. The Hall–Kier alpha value is -2.89. The Labute approximate surface area is 453 Å². The van der Waals surface area contributed by atoms with Crippen LogP contribution in [0.2, 0.25) is 0 Å². The van der Waals surface area contributed by atoms with Crippen LogP contribution < -0.4 is 0 Å². The quantitative estimate of drug-likeness (QED) is 0.0261. The molecule has 1 unspecified atom stereocenters. The summed E-state index contributed by atoms with van der Waals surface area (Å²) in [4.78, 5) is 38.3. The lowest BCUT2D eigenvalue weighted by atomic mass is 10.0.